The summed E-state index contributed by atoms with van der Waals surface area (Å²) in [5, 5.41) is 7.07. The van der Waals surface area contributed by atoms with Crippen LogP contribution in [0.4, 0.5) is 17.6 Å². The lowest BCUT2D eigenvalue weighted by atomic mass is 9.99. The maximum Gasteiger partial charge on any atom is 0.437 e. The van der Waals surface area contributed by atoms with E-state index in [0.29, 0.717) is 22.3 Å². The van der Waals surface area contributed by atoms with Gasteiger partial charge in [-0.05, 0) is 35.7 Å². The maximum atomic E-state index is 13.8. The molecule has 3 aromatic carbocycles. The van der Waals surface area contributed by atoms with E-state index in [-0.39, 0.29) is 23.4 Å². The summed E-state index contributed by atoms with van der Waals surface area (Å²) in [6.45, 7) is 1.32. The summed E-state index contributed by atoms with van der Waals surface area (Å²) in [7, 11) is 2.41. The molecular formula is C26H22F4N2O4. The van der Waals surface area contributed by atoms with Crippen LogP contribution in [0.5, 0.6) is 0 Å². The Hall–Kier alpha value is -4.21. The summed E-state index contributed by atoms with van der Waals surface area (Å²) in [4.78, 5) is 22.0. The molecule has 188 valence electrons. The Balaban J connectivity index is 1.90. The van der Waals surface area contributed by atoms with Crippen LogP contribution in [0.25, 0.3) is 11.1 Å². The van der Waals surface area contributed by atoms with Crippen molar-refractivity contribution in [2.45, 2.75) is 19.7 Å². The number of alkyl halides is 3. The van der Waals surface area contributed by atoms with Gasteiger partial charge >= 0.3 is 12.1 Å². The number of benzene rings is 3. The van der Waals surface area contributed by atoms with Crippen LogP contribution >= 0.6 is 0 Å². The van der Waals surface area contributed by atoms with Gasteiger partial charge in [-0.15, -0.1) is 0 Å². The van der Waals surface area contributed by atoms with E-state index in [0.717, 1.165) is 0 Å². The first kappa shape index (κ1) is 26.4. The molecule has 0 heterocycles. The van der Waals surface area contributed by atoms with Gasteiger partial charge in [-0.1, -0.05) is 64.9 Å². The average molecular weight is 502 g/mol. The third-order valence-corrected chi connectivity index (χ3v) is 5.20. The van der Waals surface area contributed by atoms with E-state index in [9.17, 15) is 22.4 Å². The molecule has 0 amide bonds. The van der Waals surface area contributed by atoms with Crippen molar-refractivity contribution < 1.29 is 36.8 Å². The minimum absolute atomic E-state index is 0.168. The van der Waals surface area contributed by atoms with Crippen LogP contribution in [-0.2, 0) is 25.8 Å². The molecule has 0 unspecified atom stereocenters. The van der Waals surface area contributed by atoms with Crippen LogP contribution < -0.4 is 0 Å². The van der Waals surface area contributed by atoms with Crippen molar-refractivity contribution >= 4 is 17.4 Å². The third-order valence-electron chi connectivity index (χ3n) is 5.20. The quantitative estimate of drug-likeness (QED) is 0.169. The van der Waals surface area contributed by atoms with Crippen LogP contribution in [0.2, 0.25) is 0 Å². The zero-order chi connectivity index (χ0) is 26.3. The van der Waals surface area contributed by atoms with Crippen LogP contribution in [-0.4, -0.2) is 37.8 Å². The first-order valence-corrected chi connectivity index (χ1v) is 10.6. The fourth-order valence-corrected chi connectivity index (χ4v) is 3.39. The van der Waals surface area contributed by atoms with Gasteiger partial charge in [-0.25, -0.2) is 9.18 Å². The normalized spacial score (nSPS) is 12.3. The maximum absolute atomic E-state index is 13.8. The van der Waals surface area contributed by atoms with Crippen molar-refractivity contribution in [3.8, 4) is 11.1 Å². The minimum Gasteiger partial charge on any atom is -0.464 e. The van der Waals surface area contributed by atoms with Crippen LogP contribution in [0.3, 0.4) is 0 Å². The number of halogens is 4. The number of hydrogen-bond acceptors (Lipinski definition) is 6. The van der Waals surface area contributed by atoms with Crippen molar-refractivity contribution in [1.29, 1.82) is 0 Å². The smallest absolute Gasteiger partial charge is 0.437 e. The van der Waals surface area contributed by atoms with Crippen LogP contribution in [0, 0.1) is 12.7 Å². The van der Waals surface area contributed by atoms with E-state index < -0.39 is 23.7 Å². The summed E-state index contributed by atoms with van der Waals surface area (Å²) in [5.74, 6) is -1.20. The van der Waals surface area contributed by atoms with Crippen molar-refractivity contribution in [1.82, 2.24) is 0 Å². The number of carbonyl (C=O) groups is 1. The van der Waals surface area contributed by atoms with Crippen molar-refractivity contribution in [2.24, 2.45) is 10.3 Å². The molecule has 0 aliphatic rings. The summed E-state index contributed by atoms with van der Waals surface area (Å²) in [6.07, 6.45) is -4.80. The molecule has 0 spiro atoms. The molecule has 3 aromatic rings. The number of rotatable bonds is 8. The molecule has 0 atom stereocenters. The summed E-state index contributed by atoms with van der Waals surface area (Å²) in [6, 6.07) is 16.0. The molecule has 3 rings (SSSR count). The molecule has 0 bridgehead atoms. The Bertz CT molecular complexity index is 1270. The van der Waals surface area contributed by atoms with E-state index in [1.165, 1.54) is 62.8 Å². The Kier molecular flexibility index (Phi) is 8.42. The lowest BCUT2D eigenvalue weighted by Crippen LogP contribution is -2.24. The second-order valence-electron chi connectivity index (χ2n) is 7.51. The second-order valence-corrected chi connectivity index (χ2v) is 7.51. The first-order valence-electron chi connectivity index (χ1n) is 10.6. The van der Waals surface area contributed by atoms with Gasteiger partial charge < -0.3 is 14.4 Å². The molecule has 0 saturated carbocycles. The van der Waals surface area contributed by atoms with E-state index in [2.05, 4.69) is 10.3 Å². The summed E-state index contributed by atoms with van der Waals surface area (Å²) >= 11 is 0. The van der Waals surface area contributed by atoms with Gasteiger partial charge in [0.15, 0.2) is 11.4 Å². The molecule has 0 radical (unpaired) electrons. The van der Waals surface area contributed by atoms with E-state index in [1.54, 1.807) is 25.1 Å². The molecule has 10 heteroatoms. The predicted octanol–water partition coefficient (Wildman–Crippen LogP) is 5.81. The molecule has 0 fully saturated rings. The zero-order valence-electron chi connectivity index (χ0n) is 19.6. The number of esters is 1. The molecular weight excluding hydrogens is 480 g/mol. The molecule has 6 nitrogen and oxygen atoms in total. The van der Waals surface area contributed by atoms with Gasteiger partial charge in [0.25, 0.3) is 0 Å². The van der Waals surface area contributed by atoms with Crippen molar-refractivity contribution in [3.63, 3.8) is 0 Å². The predicted molar refractivity (Wildman–Crippen MR) is 126 cm³/mol. The number of oxime groups is 2. The number of aryl methyl sites for hydroxylation is 1. The minimum atomic E-state index is -4.80. The molecule has 0 aliphatic heterocycles. The number of methoxy groups -OCH3 is 1. The summed E-state index contributed by atoms with van der Waals surface area (Å²) < 4.78 is 59.2. The monoisotopic (exact) mass is 502 g/mol. The second kappa shape index (κ2) is 11.5. The number of hydrogen-bond donors (Lipinski definition) is 0. The van der Waals surface area contributed by atoms with Gasteiger partial charge in [0.2, 0.25) is 0 Å². The highest BCUT2D eigenvalue weighted by molar-refractivity contribution is 6.43. The van der Waals surface area contributed by atoms with E-state index >= 15 is 0 Å². The molecule has 0 N–H and O–H groups in total. The largest absolute Gasteiger partial charge is 0.464 e. The molecule has 0 aliphatic carbocycles. The van der Waals surface area contributed by atoms with Gasteiger partial charge in [0.1, 0.15) is 19.5 Å². The fraction of sp³-hybridized carbons (Fsp3) is 0.192. The van der Waals surface area contributed by atoms with E-state index in [1.807, 2.05) is 0 Å². The number of nitrogens with zero attached hydrogens (tertiary/aromatic N) is 2. The highest BCUT2D eigenvalue weighted by Crippen LogP contribution is 2.26. The summed E-state index contributed by atoms with van der Waals surface area (Å²) in [5.41, 5.74) is 0.934. The lowest BCUT2D eigenvalue weighted by Gasteiger charge is -2.14. The van der Waals surface area contributed by atoms with E-state index in [4.69, 9.17) is 14.4 Å². The molecule has 36 heavy (non-hydrogen) atoms. The number of ether oxygens (including phenoxy) is 1. The molecule has 0 aromatic heterocycles. The Morgan fingerprint density at radius 1 is 0.889 bits per heavy atom. The van der Waals surface area contributed by atoms with Crippen LogP contribution in [0.1, 0.15) is 22.3 Å². The van der Waals surface area contributed by atoms with Gasteiger partial charge in [0.05, 0.1) is 7.11 Å². The topological polar surface area (TPSA) is 69.5 Å². The first-order chi connectivity index (χ1) is 17.2. The van der Waals surface area contributed by atoms with Crippen LogP contribution in [0.15, 0.2) is 77.0 Å². The lowest BCUT2D eigenvalue weighted by molar-refractivity contribution is -0.132. The van der Waals surface area contributed by atoms with Gasteiger partial charge in [0, 0.05) is 16.7 Å². The molecule has 0 saturated heterocycles. The standard InChI is InChI=1S/C26H22F4N2O4/c1-16-5-4-6-21(23(31-35-3)25(33)34-2)22(16)15-36-32-24(26(28,29)30)19-9-7-17(8-10-19)18-11-13-20(27)14-12-18/h4-14H,15H2,1-3H3/b31-23+,32-24-. The highest BCUT2D eigenvalue weighted by Gasteiger charge is 2.38. The fourth-order valence-electron chi connectivity index (χ4n) is 3.39. The SMILES string of the molecule is CO/N=C(/C(=O)OC)c1cccc(C)c1CO/N=C(/c1ccc(-c2ccc(F)cc2)cc1)C(F)(F)F. The Labute approximate surface area is 204 Å². The average Bonchev–Trinajstić information content (AvgIpc) is 2.85. The zero-order valence-corrected chi connectivity index (χ0v) is 19.6. The Morgan fingerprint density at radius 2 is 1.50 bits per heavy atom. The Morgan fingerprint density at radius 3 is 2.06 bits per heavy atom. The van der Waals surface area contributed by atoms with Crippen molar-refractivity contribution in [3.05, 3.63) is 94.8 Å². The third kappa shape index (κ3) is 6.26. The van der Waals surface area contributed by atoms with Gasteiger partial charge in [-0.2, -0.15) is 13.2 Å². The van der Waals surface area contributed by atoms with Crippen molar-refractivity contribution in [2.75, 3.05) is 14.2 Å². The highest BCUT2D eigenvalue weighted by atomic mass is 19.4. The number of carbonyl (C=O) groups excluding carboxylic acids is 1. The van der Waals surface area contributed by atoms with Gasteiger partial charge in [-0.3, -0.25) is 0 Å².